The lowest BCUT2D eigenvalue weighted by molar-refractivity contribution is 0.0682. The number of rotatable bonds is 6. The van der Waals surface area contributed by atoms with Crippen LogP contribution in [0.25, 0.3) is 0 Å². The SMILES string of the molecule is O=C(O)c1nccnc1C(O)Nc1ccc(S(=O)(=O)N2CCOCC2)cc1. The Morgan fingerprint density at radius 3 is 2.41 bits per heavy atom. The van der Waals surface area contributed by atoms with E-state index in [1.165, 1.54) is 41.0 Å². The fourth-order valence-corrected chi connectivity index (χ4v) is 4.01. The van der Waals surface area contributed by atoms with Crippen molar-refractivity contribution in [3.63, 3.8) is 0 Å². The van der Waals surface area contributed by atoms with Gasteiger partial charge in [0.1, 0.15) is 5.69 Å². The summed E-state index contributed by atoms with van der Waals surface area (Å²) in [6, 6.07) is 5.78. The highest BCUT2D eigenvalue weighted by Gasteiger charge is 2.26. The third-order valence-electron chi connectivity index (χ3n) is 3.95. The van der Waals surface area contributed by atoms with E-state index in [9.17, 15) is 18.3 Å². The zero-order valence-corrected chi connectivity index (χ0v) is 15.0. The molecule has 2 aromatic rings. The highest BCUT2D eigenvalue weighted by atomic mass is 32.2. The lowest BCUT2D eigenvalue weighted by atomic mass is 10.2. The first-order chi connectivity index (χ1) is 12.9. The van der Waals surface area contributed by atoms with Gasteiger partial charge < -0.3 is 20.3 Å². The molecule has 10 nitrogen and oxygen atoms in total. The van der Waals surface area contributed by atoms with Crippen molar-refractivity contribution in [2.75, 3.05) is 31.6 Å². The molecule has 1 aliphatic heterocycles. The van der Waals surface area contributed by atoms with E-state index in [1.54, 1.807) is 0 Å². The Balaban J connectivity index is 1.75. The Bertz CT molecular complexity index is 913. The van der Waals surface area contributed by atoms with Gasteiger partial charge in [0.25, 0.3) is 0 Å². The number of aliphatic hydroxyl groups excluding tert-OH is 1. The number of nitrogens with zero attached hydrogens (tertiary/aromatic N) is 3. The van der Waals surface area contributed by atoms with Crippen LogP contribution in [-0.2, 0) is 14.8 Å². The zero-order chi connectivity index (χ0) is 19.4. The van der Waals surface area contributed by atoms with Gasteiger partial charge in [0, 0.05) is 31.2 Å². The van der Waals surface area contributed by atoms with Gasteiger partial charge >= 0.3 is 5.97 Å². The molecule has 0 amide bonds. The molecule has 11 heteroatoms. The first kappa shape index (κ1) is 19.2. The Morgan fingerprint density at radius 2 is 1.78 bits per heavy atom. The molecule has 3 rings (SSSR count). The number of hydrogen-bond acceptors (Lipinski definition) is 8. The lowest BCUT2D eigenvalue weighted by Gasteiger charge is -2.26. The van der Waals surface area contributed by atoms with Crippen molar-refractivity contribution in [1.29, 1.82) is 0 Å². The highest BCUT2D eigenvalue weighted by molar-refractivity contribution is 7.89. The number of aromatic nitrogens is 2. The largest absolute Gasteiger partial charge is 0.476 e. The molecular weight excluding hydrogens is 376 g/mol. The van der Waals surface area contributed by atoms with Crippen LogP contribution in [0.15, 0.2) is 41.6 Å². The van der Waals surface area contributed by atoms with Crippen LogP contribution in [0, 0.1) is 0 Å². The maximum Gasteiger partial charge on any atom is 0.356 e. The average molecular weight is 394 g/mol. The van der Waals surface area contributed by atoms with Gasteiger partial charge in [0.15, 0.2) is 11.9 Å². The number of sulfonamides is 1. The molecule has 0 saturated carbocycles. The second kappa shape index (κ2) is 7.96. The number of anilines is 1. The summed E-state index contributed by atoms with van der Waals surface area (Å²) in [6.45, 7) is 1.31. The molecule has 1 aromatic carbocycles. The smallest absolute Gasteiger partial charge is 0.356 e. The second-order valence-corrected chi connectivity index (χ2v) is 7.62. The van der Waals surface area contributed by atoms with Crippen LogP contribution in [-0.4, -0.2) is 65.2 Å². The number of carboxylic acid groups (broad SMARTS) is 1. The van der Waals surface area contributed by atoms with Crippen molar-refractivity contribution in [1.82, 2.24) is 14.3 Å². The summed E-state index contributed by atoms with van der Waals surface area (Å²) in [4.78, 5) is 18.8. The van der Waals surface area contributed by atoms with Crippen LogP contribution in [0.5, 0.6) is 0 Å². The first-order valence-electron chi connectivity index (χ1n) is 8.06. The van der Waals surface area contributed by atoms with E-state index in [0.717, 1.165) is 0 Å². The van der Waals surface area contributed by atoms with Crippen LogP contribution in [0.4, 0.5) is 5.69 Å². The molecule has 0 aliphatic carbocycles. The number of morpholine rings is 1. The molecule has 27 heavy (non-hydrogen) atoms. The summed E-state index contributed by atoms with van der Waals surface area (Å²) in [5, 5.41) is 22.0. The topological polar surface area (TPSA) is 142 Å². The van der Waals surface area contributed by atoms with Gasteiger partial charge in [0.05, 0.1) is 18.1 Å². The van der Waals surface area contributed by atoms with E-state index in [2.05, 4.69) is 15.3 Å². The van der Waals surface area contributed by atoms with Gasteiger partial charge in [-0.1, -0.05) is 0 Å². The molecule has 1 atom stereocenters. The third kappa shape index (κ3) is 4.22. The summed E-state index contributed by atoms with van der Waals surface area (Å²) in [5.74, 6) is -1.31. The molecule has 1 aliphatic rings. The van der Waals surface area contributed by atoms with Crippen molar-refractivity contribution in [2.24, 2.45) is 0 Å². The molecule has 1 aromatic heterocycles. The Morgan fingerprint density at radius 1 is 1.15 bits per heavy atom. The summed E-state index contributed by atoms with van der Waals surface area (Å²) in [6.07, 6.45) is 1.06. The number of carbonyl (C=O) groups is 1. The van der Waals surface area contributed by atoms with Crippen molar-refractivity contribution in [3.8, 4) is 0 Å². The van der Waals surface area contributed by atoms with Crippen LogP contribution >= 0.6 is 0 Å². The standard InChI is InChI=1S/C16H18N4O6S/c21-15(13-14(16(22)23)18-6-5-17-13)19-11-1-3-12(4-2-11)27(24,25)20-7-9-26-10-8-20/h1-6,15,19,21H,7-10H2,(H,22,23). The number of hydrogen-bond donors (Lipinski definition) is 3. The zero-order valence-electron chi connectivity index (χ0n) is 14.1. The van der Waals surface area contributed by atoms with Gasteiger partial charge in [-0.3, -0.25) is 4.98 Å². The molecule has 2 heterocycles. The summed E-state index contributed by atoms with van der Waals surface area (Å²) in [7, 11) is -3.61. The number of carboxylic acids is 1. The van der Waals surface area contributed by atoms with E-state index >= 15 is 0 Å². The second-order valence-electron chi connectivity index (χ2n) is 5.68. The van der Waals surface area contributed by atoms with Crippen molar-refractivity contribution in [2.45, 2.75) is 11.1 Å². The van der Waals surface area contributed by atoms with E-state index < -0.39 is 22.2 Å². The van der Waals surface area contributed by atoms with E-state index in [-0.39, 0.29) is 16.3 Å². The molecule has 0 radical (unpaired) electrons. The molecule has 1 unspecified atom stereocenters. The van der Waals surface area contributed by atoms with Gasteiger partial charge in [-0.2, -0.15) is 4.31 Å². The van der Waals surface area contributed by atoms with Crippen molar-refractivity contribution < 1.29 is 28.2 Å². The quantitative estimate of drug-likeness (QED) is 0.590. The molecule has 1 saturated heterocycles. The Kier molecular flexibility index (Phi) is 5.65. The predicted octanol–water partition coefficient (Wildman–Crippen LogP) is 0.299. The molecule has 3 N–H and O–H groups in total. The number of benzene rings is 1. The molecule has 0 bridgehead atoms. The minimum atomic E-state index is -3.61. The van der Waals surface area contributed by atoms with Crippen LogP contribution in [0.3, 0.4) is 0 Å². The van der Waals surface area contributed by atoms with E-state index in [1.807, 2.05) is 0 Å². The lowest BCUT2D eigenvalue weighted by Crippen LogP contribution is -2.40. The molecule has 1 fully saturated rings. The van der Waals surface area contributed by atoms with Crippen LogP contribution in [0.1, 0.15) is 22.4 Å². The van der Waals surface area contributed by atoms with Gasteiger partial charge in [0.2, 0.25) is 10.0 Å². The molecule has 0 spiro atoms. The minimum Gasteiger partial charge on any atom is -0.476 e. The number of nitrogens with one attached hydrogen (secondary N) is 1. The monoisotopic (exact) mass is 394 g/mol. The summed E-state index contributed by atoms with van der Waals surface area (Å²) >= 11 is 0. The predicted molar refractivity (Wildman–Crippen MR) is 93.6 cm³/mol. The molecular formula is C16H18N4O6S. The van der Waals surface area contributed by atoms with Crippen molar-refractivity contribution >= 4 is 21.7 Å². The maximum absolute atomic E-state index is 12.6. The maximum atomic E-state index is 12.6. The van der Waals surface area contributed by atoms with Gasteiger partial charge in [-0.05, 0) is 24.3 Å². The number of aliphatic hydroxyl groups is 1. The van der Waals surface area contributed by atoms with Crippen molar-refractivity contribution in [3.05, 3.63) is 48.0 Å². The Labute approximate surface area is 155 Å². The number of ether oxygens (including phenoxy) is 1. The fourth-order valence-electron chi connectivity index (χ4n) is 2.60. The highest BCUT2D eigenvalue weighted by Crippen LogP contribution is 2.22. The number of aromatic carboxylic acids is 1. The van der Waals surface area contributed by atoms with Gasteiger partial charge in [-0.15, -0.1) is 0 Å². The van der Waals surface area contributed by atoms with E-state index in [0.29, 0.717) is 32.0 Å². The van der Waals surface area contributed by atoms with E-state index in [4.69, 9.17) is 9.84 Å². The Hall–Kier alpha value is -2.60. The average Bonchev–Trinajstić information content (AvgIpc) is 2.69. The minimum absolute atomic E-state index is 0.121. The fraction of sp³-hybridized carbons (Fsp3) is 0.312. The van der Waals surface area contributed by atoms with Crippen LogP contribution in [0.2, 0.25) is 0 Å². The van der Waals surface area contributed by atoms with Crippen LogP contribution < -0.4 is 5.32 Å². The summed E-state index contributed by atoms with van der Waals surface area (Å²) in [5.41, 5.74) is -0.121. The summed E-state index contributed by atoms with van der Waals surface area (Å²) < 4.78 is 31.7. The third-order valence-corrected chi connectivity index (χ3v) is 5.87. The first-order valence-corrected chi connectivity index (χ1v) is 9.50. The molecule has 144 valence electrons. The van der Waals surface area contributed by atoms with Gasteiger partial charge in [-0.25, -0.2) is 18.2 Å². The normalized spacial score (nSPS) is 16.6.